The SMILES string of the molecule is COC(=O)[C@H](CCCN(O)C=O)NC(=O)[C@H](CC(=O)O)NC(=O)[C@H](CCCN(O)C=O)NC(=O)[C@H](CO)NC(=O)CC(O)C(N)CCCCNC(=O)c1cccc(O)c1O. The first-order valence-electron chi connectivity index (χ1n) is 18.5. The minimum atomic E-state index is -1.87. The number of unbranched alkanes of at least 4 members (excludes halogenated alkanes) is 1. The van der Waals surface area contributed by atoms with Gasteiger partial charge in [-0.2, -0.15) is 0 Å². The molecular weight excluding hydrogens is 804 g/mol. The molecule has 25 nitrogen and oxygen atoms in total. The van der Waals surface area contributed by atoms with Crippen molar-refractivity contribution in [1.29, 1.82) is 0 Å². The molecule has 336 valence electrons. The summed E-state index contributed by atoms with van der Waals surface area (Å²) in [4.78, 5) is 110. The first kappa shape index (κ1) is 51.9. The maximum atomic E-state index is 13.4. The Morgan fingerprint density at radius 3 is 1.88 bits per heavy atom. The van der Waals surface area contributed by atoms with Gasteiger partial charge in [-0.05, 0) is 50.7 Å². The van der Waals surface area contributed by atoms with Crippen LogP contribution in [-0.4, -0.2) is 170 Å². The van der Waals surface area contributed by atoms with E-state index in [2.05, 4.69) is 31.3 Å². The van der Waals surface area contributed by atoms with Gasteiger partial charge < -0.3 is 62.6 Å². The molecule has 6 atom stereocenters. The van der Waals surface area contributed by atoms with Crippen molar-refractivity contribution in [2.45, 2.75) is 94.1 Å². The minimum absolute atomic E-state index is 0.0314. The summed E-state index contributed by atoms with van der Waals surface area (Å²) in [6.07, 6.45) is -2.73. The summed E-state index contributed by atoms with van der Waals surface area (Å²) >= 11 is 0. The molecule has 14 N–H and O–H groups in total. The van der Waals surface area contributed by atoms with Crippen LogP contribution in [-0.2, 0) is 43.1 Å². The monoisotopic (exact) mass is 858 g/mol. The van der Waals surface area contributed by atoms with Crippen LogP contribution in [0, 0.1) is 0 Å². The molecule has 0 aliphatic rings. The van der Waals surface area contributed by atoms with Gasteiger partial charge >= 0.3 is 11.9 Å². The summed E-state index contributed by atoms with van der Waals surface area (Å²) in [5, 5.41) is 80.0. The van der Waals surface area contributed by atoms with Gasteiger partial charge in [0.2, 0.25) is 36.4 Å². The van der Waals surface area contributed by atoms with Gasteiger partial charge in [-0.1, -0.05) is 12.5 Å². The van der Waals surface area contributed by atoms with E-state index in [4.69, 9.17) is 5.73 Å². The lowest BCUT2D eigenvalue weighted by molar-refractivity contribution is -0.150. The Labute approximate surface area is 343 Å². The zero-order valence-corrected chi connectivity index (χ0v) is 32.7. The zero-order valence-electron chi connectivity index (χ0n) is 32.7. The number of esters is 1. The number of rotatable bonds is 30. The number of benzene rings is 1. The van der Waals surface area contributed by atoms with Crippen LogP contribution in [0.1, 0.15) is 68.1 Å². The summed E-state index contributed by atoms with van der Waals surface area (Å²) in [6, 6.07) is -3.68. The van der Waals surface area contributed by atoms with Crippen LogP contribution in [0.2, 0.25) is 0 Å². The quantitative estimate of drug-likeness (QED) is 0.00873. The molecule has 1 aromatic rings. The zero-order chi connectivity index (χ0) is 45.4. The van der Waals surface area contributed by atoms with Gasteiger partial charge in [0.25, 0.3) is 5.91 Å². The molecule has 60 heavy (non-hydrogen) atoms. The van der Waals surface area contributed by atoms with E-state index in [0.717, 1.165) is 7.11 Å². The molecule has 1 rings (SSSR count). The summed E-state index contributed by atoms with van der Waals surface area (Å²) in [6.45, 7) is -1.47. The number of aliphatic hydroxyl groups excluding tert-OH is 2. The van der Waals surface area contributed by atoms with E-state index < -0.39 is 109 Å². The smallest absolute Gasteiger partial charge is 0.328 e. The second-order valence-corrected chi connectivity index (χ2v) is 13.3. The van der Waals surface area contributed by atoms with E-state index in [1.165, 1.54) is 18.2 Å². The van der Waals surface area contributed by atoms with Crippen LogP contribution in [0.5, 0.6) is 11.5 Å². The lowest BCUT2D eigenvalue weighted by Crippen LogP contribution is -2.58. The summed E-state index contributed by atoms with van der Waals surface area (Å²) < 4.78 is 4.64. The maximum Gasteiger partial charge on any atom is 0.328 e. The van der Waals surface area contributed by atoms with E-state index in [1.807, 2.05) is 0 Å². The highest BCUT2D eigenvalue weighted by Crippen LogP contribution is 2.27. The van der Waals surface area contributed by atoms with E-state index in [-0.39, 0.29) is 80.2 Å². The van der Waals surface area contributed by atoms with Gasteiger partial charge in [0.05, 0.1) is 38.2 Å². The fourth-order valence-electron chi connectivity index (χ4n) is 5.38. The van der Waals surface area contributed by atoms with Crippen molar-refractivity contribution in [2.24, 2.45) is 5.73 Å². The average molecular weight is 859 g/mol. The Morgan fingerprint density at radius 2 is 1.32 bits per heavy atom. The normalized spacial score (nSPS) is 13.8. The molecule has 1 aromatic carbocycles. The Kier molecular flexibility index (Phi) is 23.8. The molecule has 0 saturated carbocycles. The van der Waals surface area contributed by atoms with Crippen molar-refractivity contribution in [2.75, 3.05) is 33.4 Å². The molecule has 0 radical (unpaired) electrons. The highest BCUT2D eigenvalue weighted by molar-refractivity contribution is 5.98. The maximum absolute atomic E-state index is 13.4. The number of aliphatic hydroxyl groups is 2. The fourth-order valence-corrected chi connectivity index (χ4v) is 5.38. The van der Waals surface area contributed by atoms with Gasteiger partial charge in [0.1, 0.15) is 24.2 Å². The van der Waals surface area contributed by atoms with E-state index >= 15 is 0 Å². The number of carbonyl (C=O) groups excluding carboxylic acids is 8. The number of nitrogens with two attached hydrogens (primary N) is 1. The molecule has 0 bridgehead atoms. The first-order valence-corrected chi connectivity index (χ1v) is 18.5. The third-order valence-corrected chi connectivity index (χ3v) is 8.68. The van der Waals surface area contributed by atoms with E-state index in [9.17, 15) is 79.1 Å². The number of phenolic OH excluding ortho intramolecular Hbond substituents is 2. The van der Waals surface area contributed by atoms with Crippen molar-refractivity contribution < 1.29 is 83.8 Å². The number of hydrogen-bond donors (Lipinski definition) is 13. The molecule has 0 aliphatic heterocycles. The number of aliphatic carboxylic acids is 1. The standard InChI is InChI=1S/C35H54N8O17/c1-60-35(57)23(10-6-14-43(59)19-46)40-33(55)24(15-29(50)51)41-32(54)22(9-5-13-42(58)18-45)39-34(56)25(17-44)38-28(49)16-27(48)21(36)8-2-3-12-37-31(53)20-7-4-11-26(47)30(20)52/h4,7,11,18-19,21-25,27,44,47-48,52,58-59H,2-3,5-6,8-10,12-17,36H2,1H3,(H,37,53)(H,38,49)(H,39,56)(H,40,55)(H,41,54)(H,50,51)/t21?,22-,23-,24-,25-,27?/m0/s1. The van der Waals surface area contributed by atoms with Gasteiger partial charge in [-0.15, -0.1) is 0 Å². The Balaban J connectivity index is 2.92. The number of nitrogens with one attached hydrogen (secondary N) is 5. The van der Waals surface area contributed by atoms with Crippen LogP contribution in [0.15, 0.2) is 18.2 Å². The van der Waals surface area contributed by atoms with Gasteiger partial charge in [-0.25, -0.2) is 14.9 Å². The number of hydrogen-bond acceptors (Lipinski definition) is 17. The Morgan fingerprint density at radius 1 is 0.767 bits per heavy atom. The number of carboxylic acid groups (broad SMARTS) is 1. The Bertz CT molecular complexity index is 1620. The molecule has 0 spiro atoms. The van der Waals surface area contributed by atoms with Crippen molar-refractivity contribution >= 4 is 54.3 Å². The largest absolute Gasteiger partial charge is 0.504 e. The molecule has 0 aliphatic carbocycles. The number of methoxy groups -OCH3 is 1. The lowest BCUT2D eigenvalue weighted by Gasteiger charge is -2.26. The predicted octanol–water partition coefficient (Wildman–Crippen LogP) is -4.09. The molecule has 25 heteroatoms. The number of phenols is 2. The van der Waals surface area contributed by atoms with E-state index in [0.29, 0.717) is 12.8 Å². The number of hydroxylamine groups is 4. The number of carboxylic acids is 1. The van der Waals surface area contributed by atoms with Gasteiger partial charge in [-0.3, -0.25) is 48.8 Å². The van der Waals surface area contributed by atoms with Crippen molar-refractivity contribution in [3.05, 3.63) is 23.8 Å². The second kappa shape index (κ2) is 27.5. The Hall–Kier alpha value is -6.15. The number of ether oxygens (including phenoxy) is 1. The van der Waals surface area contributed by atoms with Crippen molar-refractivity contribution in [1.82, 2.24) is 36.7 Å². The topological polar surface area (TPSA) is 397 Å². The highest BCUT2D eigenvalue weighted by atomic mass is 16.5. The third-order valence-electron chi connectivity index (χ3n) is 8.68. The van der Waals surface area contributed by atoms with Gasteiger partial charge in [0.15, 0.2) is 11.5 Å². The van der Waals surface area contributed by atoms with Crippen LogP contribution < -0.4 is 32.3 Å². The number of para-hydroxylation sites is 1. The highest BCUT2D eigenvalue weighted by Gasteiger charge is 2.33. The second-order valence-electron chi connectivity index (χ2n) is 13.3. The predicted molar refractivity (Wildman–Crippen MR) is 201 cm³/mol. The fraction of sp³-hybridized carbons (Fsp3) is 0.571. The summed E-state index contributed by atoms with van der Waals surface area (Å²) in [5.41, 5.74) is 5.88. The number of aromatic hydroxyl groups is 2. The van der Waals surface area contributed by atoms with Crippen LogP contribution in [0.25, 0.3) is 0 Å². The average Bonchev–Trinajstić information content (AvgIpc) is 3.21. The first-order chi connectivity index (χ1) is 28.4. The molecule has 0 heterocycles. The molecule has 0 fully saturated rings. The number of amides is 7. The van der Waals surface area contributed by atoms with Crippen molar-refractivity contribution in [3.8, 4) is 11.5 Å². The molecule has 2 unspecified atom stereocenters. The van der Waals surface area contributed by atoms with Crippen molar-refractivity contribution in [3.63, 3.8) is 0 Å². The summed E-state index contributed by atoms with van der Waals surface area (Å²) in [7, 11) is 0.997. The third kappa shape index (κ3) is 19.1. The molecule has 0 aromatic heterocycles. The number of nitrogens with zero attached hydrogens (tertiary/aromatic N) is 2. The van der Waals surface area contributed by atoms with Gasteiger partial charge in [0, 0.05) is 25.7 Å². The van der Waals surface area contributed by atoms with Crippen LogP contribution in [0.3, 0.4) is 0 Å². The van der Waals surface area contributed by atoms with Crippen LogP contribution >= 0.6 is 0 Å². The lowest BCUT2D eigenvalue weighted by atomic mass is 10.0. The van der Waals surface area contributed by atoms with E-state index in [1.54, 1.807) is 0 Å². The molecule has 7 amide bonds. The molecular formula is C35H54N8O17. The minimum Gasteiger partial charge on any atom is -0.504 e. The summed E-state index contributed by atoms with van der Waals surface area (Å²) in [5.74, 6) is -8.66. The van der Waals surface area contributed by atoms with Crippen LogP contribution in [0.4, 0.5) is 0 Å². The number of carbonyl (C=O) groups is 9. The molecule has 0 saturated heterocycles.